The molecular formula is C8H8N2OS2. The van der Waals surface area contributed by atoms with Crippen LogP contribution < -0.4 is 0 Å². The maximum Gasteiger partial charge on any atom is 0.135 e. The molecule has 1 atom stereocenters. The van der Waals surface area contributed by atoms with Crippen molar-refractivity contribution in [2.75, 3.05) is 0 Å². The van der Waals surface area contributed by atoms with Gasteiger partial charge in [0.15, 0.2) is 0 Å². The lowest BCUT2D eigenvalue weighted by Crippen LogP contribution is -1.89. The van der Waals surface area contributed by atoms with Gasteiger partial charge in [0.25, 0.3) is 0 Å². The topological polar surface area (TPSA) is 46.0 Å². The van der Waals surface area contributed by atoms with Gasteiger partial charge in [-0.05, 0) is 6.92 Å². The summed E-state index contributed by atoms with van der Waals surface area (Å²) >= 11 is 3.09. The fourth-order valence-corrected chi connectivity index (χ4v) is 2.51. The van der Waals surface area contributed by atoms with Crippen LogP contribution in [-0.4, -0.2) is 15.1 Å². The largest absolute Gasteiger partial charge is 0.387 e. The summed E-state index contributed by atoms with van der Waals surface area (Å²) < 4.78 is 0. The summed E-state index contributed by atoms with van der Waals surface area (Å²) in [4.78, 5) is 9.32. The molecule has 0 aliphatic rings. The average Bonchev–Trinajstić information content (AvgIpc) is 2.75. The summed E-state index contributed by atoms with van der Waals surface area (Å²) in [5, 5.41) is 12.1. The molecule has 0 aromatic carbocycles. The van der Waals surface area contributed by atoms with Crippen LogP contribution in [0, 0.1) is 0 Å². The molecule has 2 aromatic rings. The lowest BCUT2D eigenvalue weighted by atomic mass is 10.3. The van der Waals surface area contributed by atoms with Crippen molar-refractivity contribution >= 4 is 22.7 Å². The Bertz CT molecular complexity index is 381. The van der Waals surface area contributed by atoms with Crippen LogP contribution in [0.15, 0.2) is 17.1 Å². The summed E-state index contributed by atoms with van der Waals surface area (Å²) in [6.45, 7) is 1.71. The molecule has 0 amide bonds. The van der Waals surface area contributed by atoms with Crippen molar-refractivity contribution in [2.45, 2.75) is 13.0 Å². The van der Waals surface area contributed by atoms with Gasteiger partial charge in [0.05, 0.1) is 22.2 Å². The van der Waals surface area contributed by atoms with Crippen molar-refractivity contribution in [2.24, 2.45) is 0 Å². The molecule has 1 unspecified atom stereocenters. The molecule has 5 heteroatoms. The molecule has 0 aliphatic carbocycles. The SMILES string of the molecule is CC(O)c1csc(-c2cncs2)n1. The minimum Gasteiger partial charge on any atom is -0.387 e. The van der Waals surface area contributed by atoms with Crippen LogP contribution in [0.5, 0.6) is 0 Å². The molecule has 0 fully saturated rings. The number of aromatic nitrogens is 2. The number of nitrogens with zero attached hydrogens (tertiary/aromatic N) is 2. The molecular weight excluding hydrogens is 204 g/mol. The predicted molar refractivity (Wildman–Crippen MR) is 53.9 cm³/mol. The van der Waals surface area contributed by atoms with Crippen molar-refractivity contribution < 1.29 is 5.11 Å². The Morgan fingerprint density at radius 3 is 2.85 bits per heavy atom. The molecule has 0 spiro atoms. The monoisotopic (exact) mass is 212 g/mol. The number of aliphatic hydroxyl groups excluding tert-OH is 1. The lowest BCUT2D eigenvalue weighted by molar-refractivity contribution is 0.195. The Kier molecular flexibility index (Phi) is 2.39. The third kappa shape index (κ3) is 1.77. The molecule has 2 aromatic heterocycles. The van der Waals surface area contributed by atoms with Gasteiger partial charge in [0, 0.05) is 11.6 Å². The molecule has 3 nitrogen and oxygen atoms in total. The molecule has 0 saturated heterocycles. The Morgan fingerprint density at radius 2 is 2.31 bits per heavy atom. The van der Waals surface area contributed by atoms with Gasteiger partial charge in [0.1, 0.15) is 5.01 Å². The molecule has 0 aliphatic heterocycles. The average molecular weight is 212 g/mol. The van der Waals surface area contributed by atoms with E-state index in [1.54, 1.807) is 30.0 Å². The van der Waals surface area contributed by atoms with E-state index in [1.807, 2.05) is 5.38 Å². The number of hydrogen-bond donors (Lipinski definition) is 1. The van der Waals surface area contributed by atoms with Crippen molar-refractivity contribution in [1.29, 1.82) is 0 Å². The number of aliphatic hydroxyl groups is 1. The van der Waals surface area contributed by atoms with Gasteiger partial charge < -0.3 is 5.11 Å². The second-order valence-corrected chi connectivity index (χ2v) is 4.36. The summed E-state index contributed by atoms with van der Waals surface area (Å²) in [6.07, 6.45) is 1.30. The summed E-state index contributed by atoms with van der Waals surface area (Å²) in [5.41, 5.74) is 2.51. The van der Waals surface area contributed by atoms with Gasteiger partial charge in [-0.15, -0.1) is 22.7 Å². The molecule has 0 saturated carbocycles. The van der Waals surface area contributed by atoms with Crippen LogP contribution >= 0.6 is 22.7 Å². The Labute approximate surface area is 83.7 Å². The van der Waals surface area contributed by atoms with Gasteiger partial charge in [-0.1, -0.05) is 0 Å². The number of rotatable bonds is 2. The minimum atomic E-state index is -0.488. The van der Waals surface area contributed by atoms with E-state index in [2.05, 4.69) is 9.97 Å². The van der Waals surface area contributed by atoms with E-state index in [1.165, 1.54) is 11.3 Å². The van der Waals surface area contributed by atoms with E-state index in [4.69, 9.17) is 0 Å². The lowest BCUT2D eigenvalue weighted by Gasteiger charge is -1.95. The maximum atomic E-state index is 9.27. The van der Waals surface area contributed by atoms with Gasteiger partial charge in [-0.25, -0.2) is 4.98 Å². The third-order valence-corrected chi connectivity index (χ3v) is 3.40. The first kappa shape index (κ1) is 8.80. The van der Waals surface area contributed by atoms with Crippen LogP contribution in [0.2, 0.25) is 0 Å². The Hall–Kier alpha value is -0.780. The quantitative estimate of drug-likeness (QED) is 0.831. The van der Waals surface area contributed by atoms with Crippen LogP contribution in [0.25, 0.3) is 9.88 Å². The smallest absolute Gasteiger partial charge is 0.135 e. The molecule has 0 bridgehead atoms. The van der Waals surface area contributed by atoms with Crippen LogP contribution in [0.3, 0.4) is 0 Å². The highest BCUT2D eigenvalue weighted by Gasteiger charge is 2.08. The molecule has 1 N–H and O–H groups in total. The number of thiazole rings is 2. The van der Waals surface area contributed by atoms with E-state index in [-0.39, 0.29) is 0 Å². The van der Waals surface area contributed by atoms with Crippen molar-refractivity contribution in [3.05, 3.63) is 22.8 Å². The van der Waals surface area contributed by atoms with E-state index >= 15 is 0 Å². The molecule has 68 valence electrons. The number of hydrogen-bond acceptors (Lipinski definition) is 5. The first-order valence-corrected chi connectivity index (χ1v) is 5.55. The van der Waals surface area contributed by atoms with Crippen molar-refractivity contribution in [3.63, 3.8) is 0 Å². The van der Waals surface area contributed by atoms with Crippen LogP contribution in [-0.2, 0) is 0 Å². The van der Waals surface area contributed by atoms with Crippen molar-refractivity contribution in [3.8, 4) is 9.88 Å². The van der Waals surface area contributed by atoms with Gasteiger partial charge in [0.2, 0.25) is 0 Å². The molecule has 13 heavy (non-hydrogen) atoms. The van der Waals surface area contributed by atoms with E-state index in [9.17, 15) is 5.11 Å². The van der Waals surface area contributed by atoms with Crippen LogP contribution in [0.4, 0.5) is 0 Å². The van der Waals surface area contributed by atoms with Gasteiger partial charge in [-0.2, -0.15) is 0 Å². The van der Waals surface area contributed by atoms with E-state index in [0.29, 0.717) is 0 Å². The fourth-order valence-electron chi connectivity index (χ4n) is 0.913. The highest BCUT2D eigenvalue weighted by Crippen LogP contribution is 2.28. The zero-order chi connectivity index (χ0) is 9.26. The Balaban J connectivity index is 2.33. The minimum absolute atomic E-state index is 0.488. The second-order valence-electron chi connectivity index (χ2n) is 2.62. The van der Waals surface area contributed by atoms with Gasteiger partial charge in [-0.3, -0.25) is 4.98 Å². The van der Waals surface area contributed by atoms with E-state index < -0.39 is 6.10 Å². The fraction of sp³-hybridized carbons (Fsp3) is 0.250. The molecule has 0 radical (unpaired) electrons. The van der Waals surface area contributed by atoms with Crippen molar-refractivity contribution in [1.82, 2.24) is 9.97 Å². The van der Waals surface area contributed by atoms with E-state index in [0.717, 1.165) is 15.6 Å². The first-order valence-electron chi connectivity index (χ1n) is 3.79. The normalized spacial score (nSPS) is 13.1. The highest BCUT2D eigenvalue weighted by molar-refractivity contribution is 7.19. The predicted octanol–water partition coefficient (Wildman–Crippen LogP) is 2.32. The summed E-state index contributed by atoms with van der Waals surface area (Å²) in [7, 11) is 0. The van der Waals surface area contributed by atoms with Gasteiger partial charge >= 0.3 is 0 Å². The Morgan fingerprint density at radius 1 is 1.46 bits per heavy atom. The third-order valence-electron chi connectivity index (χ3n) is 1.59. The molecule has 2 rings (SSSR count). The first-order chi connectivity index (χ1) is 6.27. The zero-order valence-electron chi connectivity index (χ0n) is 6.97. The van der Waals surface area contributed by atoms with Crippen LogP contribution in [0.1, 0.15) is 18.7 Å². The zero-order valence-corrected chi connectivity index (χ0v) is 8.60. The standard InChI is InChI=1S/C8H8N2OS2/c1-5(11)6-3-12-8(10-6)7-2-9-4-13-7/h2-5,11H,1H3. The summed E-state index contributed by atoms with van der Waals surface area (Å²) in [5.74, 6) is 0. The second kappa shape index (κ2) is 3.53. The maximum absolute atomic E-state index is 9.27. The molecule has 2 heterocycles. The summed E-state index contributed by atoms with van der Waals surface area (Å²) in [6, 6.07) is 0. The highest BCUT2D eigenvalue weighted by atomic mass is 32.1.